The number of hydrogen-bond acceptors (Lipinski definition) is 2. The molecule has 2 aromatic rings. The topological polar surface area (TPSA) is 57.8 Å². The molecule has 108 valence electrons. The number of aryl methyl sites for hydroxylation is 1. The summed E-state index contributed by atoms with van der Waals surface area (Å²) in [5.74, 6) is -0.106. The van der Waals surface area contributed by atoms with Crippen LogP contribution in [-0.4, -0.2) is 15.9 Å². The molecule has 2 aromatic heterocycles. The van der Waals surface area contributed by atoms with E-state index in [4.69, 9.17) is 0 Å². The fraction of sp³-hybridized carbons (Fsp3) is 0.250. The molecule has 4 nitrogen and oxygen atoms in total. The summed E-state index contributed by atoms with van der Waals surface area (Å²) < 4.78 is 0.857. The quantitative estimate of drug-likeness (QED) is 0.880. The highest BCUT2D eigenvalue weighted by atomic mass is 79.9. The fourth-order valence-corrected chi connectivity index (χ4v) is 2.95. The second-order valence-corrected chi connectivity index (χ2v) is 5.87. The number of hydrogen-bond donors (Lipinski definition) is 2. The first-order valence-corrected chi connectivity index (χ1v) is 7.82. The highest BCUT2D eigenvalue weighted by Crippen LogP contribution is 2.25. The third-order valence-electron chi connectivity index (χ3n) is 3.51. The van der Waals surface area contributed by atoms with Crippen molar-refractivity contribution in [2.75, 3.05) is 5.32 Å². The van der Waals surface area contributed by atoms with Crippen molar-refractivity contribution < 1.29 is 4.79 Å². The van der Waals surface area contributed by atoms with Crippen LogP contribution in [0, 0.1) is 0 Å². The van der Waals surface area contributed by atoms with E-state index in [9.17, 15) is 4.79 Å². The number of H-pyrrole nitrogens is 1. The van der Waals surface area contributed by atoms with Crippen LogP contribution in [0.15, 0.2) is 40.5 Å². The van der Waals surface area contributed by atoms with Crippen LogP contribution in [0.4, 0.5) is 5.69 Å². The lowest BCUT2D eigenvalue weighted by Crippen LogP contribution is -2.15. The van der Waals surface area contributed by atoms with E-state index in [0.29, 0.717) is 11.3 Å². The number of carbonyl (C=O) groups excluding carboxylic acids is 1. The van der Waals surface area contributed by atoms with E-state index in [2.05, 4.69) is 44.2 Å². The molecule has 2 N–H and O–H groups in total. The molecular weight excluding hydrogens is 330 g/mol. The Kier molecular flexibility index (Phi) is 3.92. The second kappa shape index (κ2) is 5.85. The molecule has 0 radical (unpaired) electrons. The minimum Gasteiger partial charge on any atom is -0.343 e. The summed E-state index contributed by atoms with van der Waals surface area (Å²) in [6, 6.07) is 4.00. The van der Waals surface area contributed by atoms with Crippen LogP contribution in [0.25, 0.3) is 11.0 Å². The highest BCUT2D eigenvalue weighted by molar-refractivity contribution is 9.12. The van der Waals surface area contributed by atoms with Gasteiger partial charge < -0.3 is 10.3 Å². The Labute approximate surface area is 131 Å². The van der Waals surface area contributed by atoms with Crippen LogP contribution < -0.4 is 5.32 Å². The van der Waals surface area contributed by atoms with Crippen molar-refractivity contribution >= 4 is 38.6 Å². The standard InChI is InChI=1S/C16H16BrN3O/c1-2-11-7-10-8-12(9-18-15(10)19-11)20-16(21)13-5-3-4-6-14(13)17/h5-9H,2-4H2,1H3,(H,18,19)(H,20,21). The number of pyridine rings is 1. The van der Waals surface area contributed by atoms with Gasteiger partial charge in [-0.25, -0.2) is 4.98 Å². The predicted octanol–water partition coefficient (Wildman–Crippen LogP) is 4.06. The largest absolute Gasteiger partial charge is 0.343 e. The van der Waals surface area contributed by atoms with Gasteiger partial charge in [0.1, 0.15) is 5.65 Å². The number of fused-ring (bicyclic) bond motifs is 1. The molecule has 0 saturated carbocycles. The van der Waals surface area contributed by atoms with E-state index >= 15 is 0 Å². The molecule has 1 amide bonds. The molecule has 3 rings (SSSR count). The van der Waals surface area contributed by atoms with E-state index < -0.39 is 0 Å². The number of carbonyl (C=O) groups is 1. The Bertz CT molecular complexity index is 758. The molecule has 0 aromatic carbocycles. The van der Waals surface area contributed by atoms with Gasteiger partial charge in [-0.15, -0.1) is 0 Å². The molecule has 0 saturated heterocycles. The minimum absolute atomic E-state index is 0.106. The number of aromatic amines is 1. The first-order valence-electron chi connectivity index (χ1n) is 7.02. The van der Waals surface area contributed by atoms with Gasteiger partial charge in [-0.2, -0.15) is 0 Å². The molecule has 2 heterocycles. The molecule has 1 aliphatic rings. The van der Waals surface area contributed by atoms with E-state index in [1.165, 1.54) is 0 Å². The molecule has 0 fully saturated rings. The number of halogens is 1. The number of amides is 1. The van der Waals surface area contributed by atoms with Crippen LogP contribution in [0.3, 0.4) is 0 Å². The highest BCUT2D eigenvalue weighted by Gasteiger charge is 2.15. The van der Waals surface area contributed by atoms with Crippen molar-refractivity contribution in [3.05, 3.63) is 46.2 Å². The normalized spacial score (nSPS) is 14.8. The Hall–Kier alpha value is -1.88. The summed E-state index contributed by atoms with van der Waals surface area (Å²) in [4.78, 5) is 19.9. The average molecular weight is 346 g/mol. The summed E-state index contributed by atoms with van der Waals surface area (Å²) >= 11 is 3.43. The van der Waals surface area contributed by atoms with Crippen LogP contribution in [-0.2, 0) is 11.2 Å². The van der Waals surface area contributed by atoms with E-state index in [0.717, 1.165) is 40.5 Å². The number of rotatable bonds is 3. The van der Waals surface area contributed by atoms with Crippen molar-refractivity contribution in [1.82, 2.24) is 9.97 Å². The van der Waals surface area contributed by atoms with Crippen LogP contribution in [0.5, 0.6) is 0 Å². The zero-order chi connectivity index (χ0) is 14.8. The lowest BCUT2D eigenvalue weighted by Gasteiger charge is -2.11. The van der Waals surface area contributed by atoms with Gasteiger partial charge in [0.05, 0.1) is 11.9 Å². The average Bonchev–Trinajstić information content (AvgIpc) is 2.90. The molecule has 1 aliphatic carbocycles. The molecule has 0 spiro atoms. The van der Waals surface area contributed by atoms with Gasteiger partial charge in [0, 0.05) is 21.1 Å². The van der Waals surface area contributed by atoms with Gasteiger partial charge >= 0.3 is 0 Å². The van der Waals surface area contributed by atoms with Crippen molar-refractivity contribution in [1.29, 1.82) is 0 Å². The van der Waals surface area contributed by atoms with Gasteiger partial charge in [0.25, 0.3) is 5.91 Å². The Morgan fingerprint density at radius 1 is 1.38 bits per heavy atom. The molecule has 0 bridgehead atoms. The third kappa shape index (κ3) is 2.93. The lowest BCUT2D eigenvalue weighted by molar-refractivity contribution is -0.112. The van der Waals surface area contributed by atoms with Crippen molar-refractivity contribution in [2.45, 2.75) is 26.2 Å². The van der Waals surface area contributed by atoms with Crippen molar-refractivity contribution in [3.8, 4) is 0 Å². The number of anilines is 1. The zero-order valence-electron chi connectivity index (χ0n) is 11.7. The van der Waals surface area contributed by atoms with Crippen LogP contribution >= 0.6 is 15.9 Å². The number of nitrogens with one attached hydrogen (secondary N) is 2. The number of nitrogens with zero attached hydrogens (tertiary/aromatic N) is 1. The minimum atomic E-state index is -0.106. The maximum absolute atomic E-state index is 12.3. The predicted molar refractivity (Wildman–Crippen MR) is 88.4 cm³/mol. The first kappa shape index (κ1) is 14.1. The monoisotopic (exact) mass is 345 g/mol. The fourth-order valence-electron chi connectivity index (χ4n) is 2.38. The number of aromatic nitrogens is 2. The van der Waals surface area contributed by atoms with E-state index in [-0.39, 0.29) is 5.91 Å². The summed E-state index contributed by atoms with van der Waals surface area (Å²) in [5.41, 5.74) is 3.38. The lowest BCUT2D eigenvalue weighted by atomic mass is 10.1. The van der Waals surface area contributed by atoms with Gasteiger partial charge in [0.2, 0.25) is 0 Å². The van der Waals surface area contributed by atoms with E-state index in [1.807, 2.05) is 18.2 Å². The summed E-state index contributed by atoms with van der Waals surface area (Å²) in [5, 5.41) is 3.92. The second-order valence-electron chi connectivity index (χ2n) is 5.01. The maximum Gasteiger partial charge on any atom is 0.256 e. The third-order valence-corrected chi connectivity index (χ3v) is 4.26. The molecule has 21 heavy (non-hydrogen) atoms. The molecule has 0 unspecified atom stereocenters. The van der Waals surface area contributed by atoms with Crippen molar-refractivity contribution in [3.63, 3.8) is 0 Å². The van der Waals surface area contributed by atoms with E-state index in [1.54, 1.807) is 6.20 Å². The SMILES string of the molecule is CCc1cc2cc(NC(=O)C3=CCCC=C3Br)cnc2[nH]1. The number of allylic oxidation sites excluding steroid dienone is 2. The first-order chi connectivity index (χ1) is 10.2. The Morgan fingerprint density at radius 3 is 2.95 bits per heavy atom. The molecular formula is C16H16BrN3O. The summed E-state index contributed by atoms with van der Waals surface area (Å²) in [7, 11) is 0. The summed E-state index contributed by atoms with van der Waals surface area (Å²) in [6.45, 7) is 2.09. The molecule has 0 aliphatic heterocycles. The van der Waals surface area contributed by atoms with Gasteiger partial charge in [-0.05, 0) is 31.4 Å². The smallest absolute Gasteiger partial charge is 0.256 e. The molecule has 0 atom stereocenters. The van der Waals surface area contributed by atoms with Crippen LogP contribution in [0.1, 0.15) is 25.5 Å². The van der Waals surface area contributed by atoms with Crippen molar-refractivity contribution in [2.24, 2.45) is 0 Å². The molecule has 5 heteroatoms. The summed E-state index contributed by atoms with van der Waals surface area (Å²) in [6.07, 6.45) is 8.45. The van der Waals surface area contributed by atoms with Gasteiger partial charge in [0.15, 0.2) is 0 Å². The Morgan fingerprint density at radius 2 is 2.19 bits per heavy atom. The Balaban J connectivity index is 1.82. The van der Waals surface area contributed by atoms with Gasteiger partial charge in [-0.3, -0.25) is 4.79 Å². The van der Waals surface area contributed by atoms with Crippen LogP contribution in [0.2, 0.25) is 0 Å². The zero-order valence-corrected chi connectivity index (χ0v) is 13.3. The maximum atomic E-state index is 12.3. The van der Waals surface area contributed by atoms with Gasteiger partial charge in [-0.1, -0.05) is 35.0 Å².